The van der Waals surface area contributed by atoms with Crippen LogP contribution in [0.1, 0.15) is 10.7 Å². The molecule has 0 saturated carbocycles. The molecule has 0 aliphatic heterocycles. The van der Waals surface area contributed by atoms with Gasteiger partial charge < -0.3 is 4.57 Å². The summed E-state index contributed by atoms with van der Waals surface area (Å²) in [5, 5.41) is 0. The Labute approximate surface area is 108 Å². The minimum absolute atomic E-state index is 0.424. The summed E-state index contributed by atoms with van der Waals surface area (Å²) in [6.45, 7) is 0.785. The van der Waals surface area contributed by atoms with Gasteiger partial charge in [-0.25, -0.2) is 4.98 Å². The lowest BCUT2D eigenvalue weighted by Crippen LogP contribution is -2.02. The van der Waals surface area contributed by atoms with E-state index in [0.29, 0.717) is 5.88 Å². The number of nitrogens with zero attached hydrogens (tertiary/aromatic N) is 3. The largest absolute Gasteiger partial charge is 0.322 e. The van der Waals surface area contributed by atoms with Crippen molar-refractivity contribution in [3.63, 3.8) is 0 Å². The zero-order valence-electron chi connectivity index (χ0n) is 9.01. The lowest BCUT2D eigenvalue weighted by Gasteiger charge is -2.05. The van der Waals surface area contributed by atoms with E-state index in [1.54, 1.807) is 11.3 Å². The zero-order valence-corrected chi connectivity index (χ0v) is 10.6. The smallest absolute Gasteiger partial charge is 0.125 e. The van der Waals surface area contributed by atoms with Crippen LogP contribution in [0.15, 0.2) is 36.0 Å². The number of halogens is 1. The molecule has 2 heterocycles. The zero-order chi connectivity index (χ0) is 11.7. The second-order valence-corrected chi connectivity index (χ2v) is 4.94. The Morgan fingerprint density at radius 2 is 2.18 bits per heavy atom. The third kappa shape index (κ3) is 1.94. The van der Waals surface area contributed by atoms with Crippen LogP contribution in [0.3, 0.4) is 0 Å². The van der Waals surface area contributed by atoms with Gasteiger partial charge >= 0.3 is 0 Å². The normalized spacial score (nSPS) is 11.1. The molecule has 5 heteroatoms. The molecule has 0 N–H and O–H groups in total. The molecule has 1 aromatic carbocycles. The van der Waals surface area contributed by atoms with Crippen molar-refractivity contribution in [1.29, 1.82) is 0 Å². The van der Waals surface area contributed by atoms with Crippen molar-refractivity contribution in [2.45, 2.75) is 12.4 Å². The van der Waals surface area contributed by atoms with Crippen molar-refractivity contribution in [3.8, 4) is 0 Å². The van der Waals surface area contributed by atoms with Crippen molar-refractivity contribution < 1.29 is 0 Å². The summed E-state index contributed by atoms with van der Waals surface area (Å²) >= 11 is 7.59. The molecular weight excluding hydrogens is 254 g/mol. The highest BCUT2D eigenvalue weighted by atomic mass is 35.5. The molecule has 3 aromatic rings. The molecule has 0 saturated heterocycles. The number of alkyl halides is 1. The van der Waals surface area contributed by atoms with E-state index in [0.717, 1.165) is 23.4 Å². The number of thiazole rings is 1. The fraction of sp³-hybridized carbons (Fsp3) is 0.167. The fourth-order valence-corrected chi connectivity index (χ4v) is 2.67. The molecule has 0 aliphatic rings. The van der Waals surface area contributed by atoms with Crippen LogP contribution in [0.25, 0.3) is 11.0 Å². The number of rotatable bonds is 3. The average molecular weight is 264 g/mol. The molecule has 0 radical (unpaired) electrons. The van der Waals surface area contributed by atoms with Crippen molar-refractivity contribution >= 4 is 34.0 Å². The molecule has 3 rings (SSSR count). The first-order valence-electron chi connectivity index (χ1n) is 5.26. The Kier molecular flexibility index (Phi) is 2.82. The summed E-state index contributed by atoms with van der Waals surface area (Å²) in [6, 6.07) is 8.09. The van der Waals surface area contributed by atoms with Crippen LogP contribution in [0.4, 0.5) is 0 Å². The van der Waals surface area contributed by atoms with E-state index in [4.69, 9.17) is 11.6 Å². The van der Waals surface area contributed by atoms with Crippen LogP contribution in [-0.2, 0) is 12.4 Å². The van der Waals surface area contributed by atoms with Gasteiger partial charge in [-0.1, -0.05) is 12.1 Å². The molecule has 0 bridgehead atoms. The Bertz CT molecular complexity index is 630. The second kappa shape index (κ2) is 4.47. The molecule has 17 heavy (non-hydrogen) atoms. The number of hydrogen-bond donors (Lipinski definition) is 0. The van der Waals surface area contributed by atoms with Gasteiger partial charge in [0.25, 0.3) is 0 Å². The molecule has 0 amide bonds. The first-order chi connectivity index (χ1) is 8.38. The number of fused-ring (bicyclic) bond motifs is 1. The number of aromatic nitrogens is 3. The lowest BCUT2D eigenvalue weighted by atomic mass is 10.3. The number of para-hydroxylation sites is 2. The van der Waals surface area contributed by atoms with Crippen LogP contribution < -0.4 is 0 Å². The highest BCUT2D eigenvalue weighted by Gasteiger charge is 2.10. The molecule has 0 spiro atoms. The Balaban J connectivity index is 2.12. The summed E-state index contributed by atoms with van der Waals surface area (Å²) in [5.41, 5.74) is 3.96. The van der Waals surface area contributed by atoms with Crippen molar-refractivity contribution in [2.75, 3.05) is 0 Å². The Morgan fingerprint density at radius 1 is 1.29 bits per heavy atom. The van der Waals surface area contributed by atoms with E-state index in [9.17, 15) is 0 Å². The number of hydrogen-bond acceptors (Lipinski definition) is 3. The lowest BCUT2D eigenvalue weighted by molar-refractivity contribution is 0.787. The van der Waals surface area contributed by atoms with E-state index in [1.807, 2.05) is 29.9 Å². The maximum absolute atomic E-state index is 5.95. The highest BCUT2D eigenvalue weighted by Crippen LogP contribution is 2.20. The van der Waals surface area contributed by atoms with Crippen LogP contribution >= 0.6 is 22.9 Å². The molecule has 0 unspecified atom stereocenters. The summed E-state index contributed by atoms with van der Waals surface area (Å²) in [5.74, 6) is 1.33. The first kappa shape index (κ1) is 10.7. The van der Waals surface area contributed by atoms with Gasteiger partial charge in [0, 0.05) is 11.1 Å². The summed E-state index contributed by atoms with van der Waals surface area (Å²) in [7, 11) is 0. The third-order valence-corrected chi connectivity index (χ3v) is 3.65. The molecule has 3 nitrogen and oxygen atoms in total. The van der Waals surface area contributed by atoms with Gasteiger partial charge in [0.2, 0.25) is 0 Å². The average Bonchev–Trinajstić information content (AvgIpc) is 2.98. The number of imidazole rings is 1. The van der Waals surface area contributed by atoms with Gasteiger partial charge in [0.1, 0.15) is 5.82 Å². The minimum atomic E-state index is 0.424. The molecule has 86 valence electrons. The van der Waals surface area contributed by atoms with E-state index in [-0.39, 0.29) is 0 Å². The SMILES string of the molecule is ClCc1nc2ccccc2n1Cc1cncs1. The van der Waals surface area contributed by atoms with Crippen LogP contribution in [-0.4, -0.2) is 14.5 Å². The summed E-state index contributed by atoms with van der Waals surface area (Å²) < 4.78 is 2.15. The Hall–Kier alpha value is -1.39. The van der Waals surface area contributed by atoms with E-state index in [1.165, 1.54) is 4.88 Å². The monoisotopic (exact) mass is 263 g/mol. The fourth-order valence-electron chi connectivity index (χ4n) is 1.88. The van der Waals surface area contributed by atoms with E-state index in [2.05, 4.69) is 20.6 Å². The molecule has 0 atom stereocenters. The van der Waals surface area contributed by atoms with Gasteiger partial charge in [-0.2, -0.15) is 0 Å². The molecule has 0 fully saturated rings. The van der Waals surface area contributed by atoms with Gasteiger partial charge in [-0.3, -0.25) is 4.98 Å². The minimum Gasteiger partial charge on any atom is -0.322 e. The van der Waals surface area contributed by atoms with E-state index < -0.39 is 0 Å². The van der Waals surface area contributed by atoms with Crippen molar-refractivity contribution in [2.24, 2.45) is 0 Å². The summed E-state index contributed by atoms with van der Waals surface area (Å²) in [6.07, 6.45) is 1.89. The number of benzene rings is 1. The van der Waals surface area contributed by atoms with E-state index >= 15 is 0 Å². The summed E-state index contributed by atoms with van der Waals surface area (Å²) in [4.78, 5) is 9.82. The van der Waals surface area contributed by atoms with Crippen molar-refractivity contribution in [3.05, 3.63) is 46.7 Å². The maximum atomic E-state index is 5.95. The maximum Gasteiger partial charge on any atom is 0.125 e. The predicted octanol–water partition coefficient (Wildman–Crippen LogP) is 3.28. The highest BCUT2D eigenvalue weighted by molar-refractivity contribution is 7.09. The van der Waals surface area contributed by atoms with Gasteiger partial charge in [-0.05, 0) is 12.1 Å². The third-order valence-electron chi connectivity index (χ3n) is 2.65. The van der Waals surface area contributed by atoms with Crippen molar-refractivity contribution in [1.82, 2.24) is 14.5 Å². The van der Waals surface area contributed by atoms with Gasteiger partial charge in [-0.15, -0.1) is 22.9 Å². The predicted molar refractivity (Wildman–Crippen MR) is 70.5 cm³/mol. The second-order valence-electron chi connectivity index (χ2n) is 3.70. The standard InChI is InChI=1S/C12H10ClN3S/c13-5-12-15-10-3-1-2-4-11(10)16(12)7-9-6-14-8-17-9/h1-4,6,8H,5,7H2. The Morgan fingerprint density at radius 3 is 2.94 bits per heavy atom. The quantitative estimate of drug-likeness (QED) is 0.679. The molecule has 0 aliphatic carbocycles. The van der Waals surface area contributed by atoms with Crippen LogP contribution in [0, 0.1) is 0 Å². The van der Waals surface area contributed by atoms with Gasteiger partial charge in [0.05, 0.1) is 29.0 Å². The topological polar surface area (TPSA) is 30.7 Å². The molecule has 2 aromatic heterocycles. The molecular formula is C12H10ClN3S. The van der Waals surface area contributed by atoms with Gasteiger partial charge in [0.15, 0.2) is 0 Å². The van der Waals surface area contributed by atoms with Crippen LogP contribution in [0.5, 0.6) is 0 Å². The van der Waals surface area contributed by atoms with Crippen LogP contribution in [0.2, 0.25) is 0 Å². The first-order valence-corrected chi connectivity index (χ1v) is 6.67.